The van der Waals surface area contributed by atoms with Crippen LogP contribution in [0.5, 0.6) is 0 Å². The molecule has 0 atom stereocenters. The Kier molecular flexibility index (Phi) is 4.78. The Morgan fingerprint density at radius 3 is 2.61 bits per heavy atom. The Labute approximate surface area is 170 Å². The van der Waals surface area contributed by atoms with Crippen LogP contribution in [0.2, 0.25) is 5.02 Å². The molecule has 0 aliphatic heterocycles. The summed E-state index contributed by atoms with van der Waals surface area (Å²) >= 11 is 7.46. The van der Waals surface area contributed by atoms with Gasteiger partial charge in [0.1, 0.15) is 16.5 Å². The molecular weight excluding hydrogens is 396 g/mol. The van der Waals surface area contributed by atoms with Crippen molar-refractivity contribution in [3.63, 3.8) is 0 Å². The quantitative estimate of drug-likeness (QED) is 0.515. The van der Waals surface area contributed by atoms with E-state index in [9.17, 15) is 4.79 Å². The van der Waals surface area contributed by atoms with E-state index in [-0.39, 0.29) is 0 Å². The minimum atomic E-state index is -0.462. The van der Waals surface area contributed by atoms with Gasteiger partial charge in [-0.05, 0) is 37.6 Å². The SMILES string of the molecule is Cc1cc(-c2nc(-c3cc(C(N)=O)c(C)n3Cc3ccc(Cl)cc3)cs2)no1. The van der Waals surface area contributed by atoms with Crippen LogP contribution in [0, 0.1) is 13.8 Å². The fourth-order valence-corrected chi connectivity index (χ4v) is 3.95. The fraction of sp³-hybridized carbons (Fsp3) is 0.150. The topological polar surface area (TPSA) is 86.9 Å². The third-order valence-corrected chi connectivity index (χ3v) is 5.62. The summed E-state index contributed by atoms with van der Waals surface area (Å²) in [6.45, 7) is 4.29. The highest BCUT2D eigenvalue weighted by Gasteiger charge is 2.19. The summed E-state index contributed by atoms with van der Waals surface area (Å²) in [5, 5.41) is 7.40. The number of carbonyl (C=O) groups is 1. The summed E-state index contributed by atoms with van der Waals surface area (Å²) in [6, 6.07) is 11.2. The molecule has 1 aromatic carbocycles. The van der Waals surface area contributed by atoms with Crippen LogP contribution >= 0.6 is 22.9 Å². The second kappa shape index (κ2) is 7.26. The second-order valence-electron chi connectivity index (χ2n) is 6.47. The van der Waals surface area contributed by atoms with Gasteiger partial charge in [-0.3, -0.25) is 4.79 Å². The number of halogens is 1. The van der Waals surface area contributed by atoms with Gasteiger partial charge in [0.15, 0.2) is 0 Å². The van der Waals surface area contributed by atoms with Gasteiger partial charge in [-0.1, -0.05) is 28.9 Å². The minimum Gasteiger partial charge on any atom is -0.366 e. The van der Waals surface area contributed by atoms with E-state index in [1.165, 1.54) is 11.3 Å². The van der Waals surface area contributed by atoms with E-state index in [1.54, 1.807) is 6.07 Å². The highest BCUT2D eigenvalue weighted by atomic mass is 35.5. The lowest BCUT2D eigenvalue weighted by Crippen LogP contribution is -2.12. The van der Waals surface area contributed by atoms with Crippen LogP contribution in [0.1, 0.15) is 27.4 Å². The van der Waals surface area contributed by atoms with Crippen molar-refractivity contribution in [2.75, 3.05) is 0 Å². The summed E-state index contributed by atoms with van der Waals surface area (Å²) in [7, 11) is 0. The molecule has 1 amide bonds. The molecule has 3 heterocycles. The van der Waals surface area contributed by atoms with Crippen molar-refractivity contribution in [3.05, 3.63) is 69.4 Å². The molecule has 0 spiro atoms. The van der Waals surface area contributed by atoms with Gasteiger partial charge < -0.3 is 14.8 Å². The maximum Gasteiger partial charge on any atom is 0.250 e. The number of aromatic nitrogens is 3. The van der Waals surface area contributed by atoms with Crippen LogP contribution in [0.25, 0.3) is 22.1 Å². The number of nitrogens with two attached hydrogens (primary N) is 1. The number of nitrogens with zero attached hydrogens (tertiary/aromatic N) is 3. The Hall–Kier alpha value is -2.90. The molecule has 0 saturated carbocycles. The molecule has 142 valence electrons. The van der Waals surface area contributed by atoms with Crippen molar-refractivity contribution in [1.29, 1.82) is 0 Å². The Morgan fingerprint density at radius 1 is 1.21 bits per heavy atom. The molecule has 0 bridgehead atoms. The third-order valence-electron chi connectivity index (χ3n) is 4.50. The summed E-state index contributed by atoms with van der Waals surface area (Å²) in [4.78, 5) is 16.6. The van der Waals surface area contributed by atoms with E-state index >= 15 is 0 Å². The van der Waals surface area contributed by atoms with Gasteiger partial charge in [0.05, 0.1) is 17.0 Å². The molecule has 6 nitrogen and oxygen atoms in total. The van der Waals surface area contributed by atoms with Crippen molar-refractivity contribution < 1.29 is 9.32 Å². The Balaban J connectivity index is 1.77. The zero-order valence-electron chi connectivity index (χ0n) is 15.3. The number of primary amides is 1. The van der Waals surface area contributed by atoms with Crippen LogP contribution in [0.15, 0.2) is 46.3 Å². The lowest BCUT2D eigenvalue weighted by molar-refractivity contribution is 0.0999. The molecule has 4 rings (SSSR count). The molecule has 0 saturated heterocycles. The standard InChI is InChI=1S/C20H17ClN4O2S/c1-11-7-16(24-27-11)20-23-17(10-28-20)18-8-15(19(22)26)12(2)25(18)9-13-3-5-14(21)6-4-13/h3-8,10H,9H2,1-2H3,(H2,22,26). The average molecular weight is 413 g/mol. The van der Waals surface area contributed by atoms with Gasteiger partial charge in [-0.25, -0.2) is 4.98 Å². The summed E-state index contributed by atoms with van der Waals surface area (Å²) in [5.41, 5.74) is 10.2. The predicted octanol–water partition coefficient (Wildman–Crippen LogP) is 4.68. The summed E-state index contributed by atoms with van der Waals surface area (Å²) in [5.74, 6) is 0.265. The zero-order valence-corrected chi connectivity index (χ0v) is 16.8. The van der Waals surface area contributed by atoms with E-state index in [4.69, 9.17) is 26.8 Å². The van der Waals surface area contributed by atoms with Gasteiger partial charge >= 0.3 is 0 Å². The van der Waals surface area contributed by atoms with Crippen molar-refractivity contribution in [2.24, 2.45) is 5.73 Å². The third kappa shape index (κ3) is 3.46. The van der Waals surface area contributed by atoms with Crippen LogP contribution in [0.3, 0.4) is 0 Å². The second-order valence-corrected chi connectivity index (χ2v) is 7.76. The lowest BCUT2D eigenvalue weighted by atomic mass is 10.2. The van der Waals surface area contributed by atoms with Gasteiger partial charge in [-0.2, -0.15) is 0 Å². The normalized spacial score (nSPS) is 11.1. The first-order chi connectivity index (χ1) is 13.4. The number of benzene rings is 1. The number of rotatable bonds is 5. The average Bonchev–Trinajstić information content (AvgIpc) is 3.37. The first-order valence-electron chi connectivity index (χ1n) is 8.56. The van der Waals surface area contributed by atoms with Crippen molar-refractivity contribution in [1.82, 2.24) is 14.7 Å². The first-order valence-corrected chi connectivity index (χ1v) is 9.82. The van der Waals surface area contributed by atoms with Crippen LogP contribution in [0.4, 0.5) is 0 Å². The van der Waals surface area contributed by atoms with E-state index in [2.05, 4.69) is 5.16 Å². The lowest BCUT2D eigenvalue weighted by Gasteiger charge is -2.11. The van der Waals surface area contributed by atoms with Gasteiger partial charge in [0.2, 0.25) is 0 Å². The van der Waals surface area contributed by atoms with Crippen molar-refractivity contribution >= 4 is 28.8 Å². The van der Waals surface area contributed by atoms with Crippen molar-refractivity contribution in [3.8, 4) is 22.1 Å². The number of thiazole rings is 1. The molecule has 2 N–H and O–H groups in total. The fourth-order valence-electron chi connectivity index (χ4n) is 3.06. The van der Waals surface area contributed by atoms with Crippen molar-refractivity contribution in [2.45, 2.75) is 20.4 Å². The summed E-state index contributed by atoms with van der Waals surface area (Å²) in [6.07, 6.45) is 0. The van der Waals surface area contributed by atoms with Crippen LogP contribution in [-0.2, 0) is 6.54 Å². The number of hydrogen-bond donors (Lipinski definition) is 1. The number of aryl methyl sites for hydroxylation is 1. The maximum absolute atomic E-state index is 11.9. The highest BCUT2D eigenvalue weighted by molar-refractivity contribution is 7.13. The van der Waals surface area contributed by atoms with Gasteiger partial charge in [-0.15, -0.1) is 11.3 Å². The van der Waals surface area contributed by atoms with E-state index in [0.717, 1.165) is 33.4 Å². The number of hydrogen-bond acceptors (Lipinski definition) is 5. The largest absolute Gasteiger partial charge is 0.366 e. The molecule has 8 heteroatoms. The summed E-state index contributed by atoms with van der Waals surface area (Å²) < 4.78 is 7.18. The molecular formula is C20H17ClN4O2S. The van der Waals surface area contributed by atoms with Gasteiger partial charge in [0.25, 0.3) is 5.91 Å². The van der Waals surface area contributed by atoms with Crippen LogP contribution < -0.4 is 5.73 Å². The molecule has 4 aromatic rings. The molecule has 0 aliphatic rings. The Morgan fingerprint density at radius 2 is 1.96 bits per heavy atom. The van der Waals surface area contributed by atoms with E-state index in [0.29, 0.717) is 22.8 Å². The van der Waals surface area contributed by atoms with E-state index < -0.39 is 5.91 Å². The zero-order chi connectivity index (χ0) is 19.8. The Bertz CT molecular complexity index is 1160. The number of carbonyl (C=O) groups excluding carboxylic acids is 1. The monoisotopic (exact) mass is 412 g/mol. The van der Waals surface area contributed by atoms with Crippen LogP contribution in [-0.4, -0.2) is 20.6 Å². The molecule has 0 aliphatic carbocycles. The number of amides is 1. The molecule has 0 fully saturated rings. The smallest absolute Gasteiger partial charge is 0.250 e. The molecule has 0 unspecified atom stereocenters. The molecule has 3 aromatic heterocycles. The predicted molar refractivity (Wildman–Crippen MR) is 110 cm³/mol. The minimum absolute atomic E-state index is 0.462. The van der Waals surface area contributed by atoms with Gasteiger partial charge in [0, 0.05) is 28.7 Å². The molecule has 0 radical (unpaired) electrons. The molecule has 28 heavy (non-hydrogen) atoms. The highest BCUT2D eigenvalue weighted by Crippen LogP contribution is 2.31. The maximum atomic E-state index is 11.9. The van der Waals surface area contributed by atoms with E-state index in [1.807, 2.05) is 54.1 Å². The first kappa shape index (κ1) is 18.5.